The van der Waals surface area contributed by atoms with Gasteiger partial charge in [-0.1, -0.05) is 12.1 Å². The fraction of sp³-hybridized carbons (Fsp3) is 0.222. The van der Waals surface area contributed by atoms with E-state index in [1.54, 1.807) is 42.5 Å². The third-order valence-corrected chi connectivity index (χ3v) is 3.46. The quantitative estimate of drug-likeness (QED) is 0.774. The molecule has 0 saturated carbocycles. The van der Waals surface area contributed by atoms with Crippen LogP contribution in [0.25, 0.3) is 0 Å². The number of amides is 1. The zero-order chi connectivity index (χ0) is 18.2. The van der Waals surface area contributed by atoms with Crippen LogP contribution in [-0.2, 0) is 16.0 Å². The summed E-state index contributed by atoms with van der Waals surface area (Å²) >= 11 is 0. The Balaban J connectivity index is 2.10. The van der Waals surface area contributed by atoms with Gasteiger partial charge in [0.2, 0.25) is 0 Å². The molecule has 0 aliphatic rings. The molecule has 0 radical (unpaired) electrons. The molecule has 0 saturated heterocycles. The lowest BCUT2D eigenvalue weighted by Gasteiger charge is -2.11. The van der Waals surface area contributed by atoms with E-state index >= 15 is 0 Å². The van der Waals surface area contributed by atoms with Crippen molar-refractivity contribution in [2.24, 2.45) is 5.92 Å². The number of anilines is 1. The largest absolute Gasteiger partial charge is 0.493 e. The maximum absolute atomic E-state index is 12.4. The second kappa shape index (κ2) is 8.45. The molecule has 1 aromatic heterocycles. The first kappa shape index (κ1) is 17.9. The van der Waals surface area contributed by atoms with Gasteiger partial charge in [-0.3, -0.25) is 9.59 Å². The number of benzene rings is 1. The molecule has 0 aliphatic carbocycles. The Hall–Kier alpha value is -3.40. The molecular weight excluding hydrogens is 322 g/mol. The fourth-order valence-electron chi connectivity index (χ4n) is 2.21. The Morgan fingerprint density at radius 1 is 1.20 bits per heavy atom. The number of ketones is 1. The molecule has 2 rings (SSSR count). The Labute approximate surface area is 145 Å². The van der Waals surface area contributed by atoms with E-state index in [4.69, 9.17) is 9.47 Å². The highest BCUT2D eigenvalue weighted by molar-refractivity contribution is 6.09. The standard InChI is InChI=1S/C18H17N3O4/c1-24-15-7-6-12(10-16(15)25-2)9-14(22)13(11-19)18(23)21-17-5-3-4-8-20-17/h3-8,10,13H,9H2,1-2H3,(H,20,21,23)/t13-/m1/s1. The lowest BCUT2D eigenvalue weighted by Crippen LogP contribution is -2.30. The number of rotatable bonds is 7. The van der Waals surface area contributed by atoms with Gasteiger partial charge in [0.15, 0.2) is 23.2 Å². The number of ether oxygens (including phenoxy) is 2. The molecule has 25 heavy (non-hydrogen) atoms. The monoisotopic (exact) mass is 339 g/mol. The van der Waals surface area contributed by atoms with E-state index in [2.05, 4.69) is 10.3 Å². The van der Waals surface area contributed by atoms with E-state index in [1.807, 2.05) is 0 Å². The van der Waals surface area contributed by atoms with E-state index in [0.717, 1.165) is 0 Å². The number of carbonyl (C=O) groups excluding carboxylic acids is 2. The fourth-order valence-corrected chi connectivity index (χ4v) is 2.21. The van der Waals surface area contributed by atoms with E-state index in [-0.39, 0.29) is 12.2 Å². The average molecular weight is 339 g/mol. The van der Waals surface area contributed by atoms with E-state index < -0.39 is 17.6 Å². The van der Waals surface area contributed by atoms with Crippen LogP contribution in [0.15, 0.2) is 42.6 Å². The SMILES string of the molecule is COc1ccc(CC(=O)[C@@H](C#N)C(=O)Nc2ccccn2)cc1OC. The maximum Gasteiger partial charge on any atom is 0.250 e. The van der Waals surface area contributed by atoms with E-state index in [9.17, 15) is 14.9 Å². The van der Waals surface area contributed by atoms with Crippen LogP contribution in [0.5, 0.6) is 11.5 Å². The number of methoxy groups -OCH3 is 2. The minimum atomic E-state index is -1.42. The van der Waals surface area contributed by atoms with Crippen LogP contribution in [0.3, 0.4) is 0 Å². The summed E-state index contributed by atoms with van der Waals surface area (Å²) in [5.74, 6) is -1.35. The van der Waals surface area contributed by atoms with Crippen molar-refractivity contribution in [2.75, 3.05) is 19.5 Å². The van der Waals surface area contributed by atoms with Crippen molar-refractivity contribution in [2.45, 2.75) is 6.42 Å². The number of hydrogen-bond donors (Lipinski definition) is 1. The molecule has 128 valence electrons. The summed E-state index contributed by atoms with van der Waals surface area (Å²) in [6.07, 6.45) is 1.43. The smallest absolute Gasteiger partial charge is 0.250 e. The van der Waals surface area contributed by atoms with Crippen molar-refractivity contribution in [3.63, 3.8) is 0 Å². The first-order valence-corrected chi connectivity index (χ1v) is 7.44. The van der Waals surface area contributed by atoms with Crippen molar-refractivity contribution >= 4 is 17.5 Å². The van der Waals surface area contributed by atoms with Gasteiger partial charge in [0, 0.05) is 12.6 Å². The Kier molecular flexibility index (Phi) is 6.07. The zero-order valence-electron chi connectivity index (χ0n) is 13.9. The second-order valence-electron chi connectivity index (χ2n) is 5.10. The zero-order valence-corrected chi connectivity index (χ0v) is 13.9. The van der Waals surface area contributed by atoms with E-state index in [1.165, 1.54) is 20.4 Å². The van der Waals surface area contributed by atoms with Gasteiger partial charge in [-0.15, -0.1) is 0 Å². The predicted octanol–water partition coefficient (Wildman–Crippen LogP) is 1.99. The van der Waals surface area contributed by atoms with Crippen LogP contribution in [-0.4, -0.2) is 30.9 Å². The number of Topliss-reactive ketones (excluding diaryl/α,β-unsaturated/α-hetero) is 1. The maximum atomic E-state index is 12.4. The Morgan fingerprint density at radius 3 is 2.56 bits per heavy atom. The highest BCUT2D eigenvalue weighted by Gasteiger charge is 2.27. The minimum absolute atomic E-state index is 0.0752. The number of aromatic nitrogens is 1. The molecule has 1 N–H and O–H groups in total. The molecular formula is C18H17N3O4. The van der Waals surface area contributed by atoms with Crippen molar-refractivity contribution in [1.82, 2.24) is 4.98 Å². The average Bonchev–Trinajstić information content (AvgIpc) is 2.63. The van der Waals surface area contributed by atoms with E-state index in [0.29, 0.717) is 17.1 Å². The number of pyridine rings is 1. The molecule has 0 aliphatic heterocycles. The predicted molar refractivity (Wildman–Crippen MR) is 90.2 cm³/mol. The van der Waals surface area contributed by atoms with Crippen molar-refractivity contribution < 1.29 is 19.1 Å². The van der Waals surface area contributed by atoms with Gasteiger partial charge in [-0.25, -0.2) is 4.98 Å². The van der Waals surface area contributed by atoms with Crippen LogP contribution < -0.4 is 14.8 Å². The highest BCUT2D eigenvalue weighted by atomic mass is 16.5. The number of carbonyl (C=O) groups is 2. The van der Waals surface area contributed by atoms with Gasteiger partial charge in [0.1, 0.15) is 5.82 Å². The van der Waals surface area contributed by atoms with Crippen molar-refractivity contribution in [1.29, 1.82) is 5.26 Å². The van der Waals surface area contributed by atoms with Crippen LogP contribution in [0.2, 0.25) is 0 Å². The molecule has 2 aromatic rings. The lowest BCUT2D eigenvalue weighted by molar-refractivity contribution is -0.128. The molecule has 0 fully saturated rings. The molecule has 0 bridgehead atoms. The van der Waals surface area contributed by atoms with Crippen molar-refractivity contribution in [3.8, 4) is 17.6 Å². The number of nitriles is 1. The summed E-state index contributed by atoms with van der Waals surface area (Å²) in [5.41, 5.74) is 0.619. The van der Waals surface area contributed by atoms with Gasteiger partial charge in [-0.2, -0.15) is 5.26 Å². The van der Waals surface area contributed by atoms with Crippen molar-refractivity contribution in [3.05, 3.63) is 48.2 Å². The number of nitrogens with zero attached hydrogens (tertiary/aromatic N) is 2. The first-order chi connectivity index (χ1) is 12.1. The Bertz CT molecular complexity index is 800. The first-order valence-electron chi connectivity index (χ1n) is 7.44. The van der Waals surface area contributed by atoms with Gasteiger partial charge in [-0.05, 0) is 29.8 Å². The lowest BCUT2D eigenvalue weighted by atomic mass is 9.98. The minimum Gasteiger partial charge on any atom is -0.493 e. The molecule has 1 amide bonds. The van der Waals surface area contributed by atoms with Gasteiger partial charge in [0.25, 0.3) is 5.91 Å². The summed E-state index contributed by atoms with van der Waals surface area (Å²) in [6.45, 7) is 0. The van der Waals surface area contributed by atoms with Crippen LogP contribution in [0.1, 0.15) is 5.56 Å². The summed E-state index contributed by atoms with van der Waals surface area (Å²) in [6, 6.07) is 11.7. The van der Waals surface area contributed by atoms with Crippen LogP contribution in [0, 0.1) is 17.2 Å². The summed E-state index contributed by atoms with van der Waals surface area (Å²) in [4.78, 5) is 28.5. The molecule has 7 heteroatoms. The molecule has 0 unspecified atom stereocenters. The summed E-state index contributed by atoms with van der Waals surface area (Å²) in [5, 5.41) is 11.7. The van der Waals surface area contributed by atoms with Gasteiger partial charge < -0.3 is 14.8 Å². The highest BCUT2D eigenvalue weighted by Crippen LogP contribution is 2.28. The number of hydrogen-bond acceptors (Lipinski definition) is 6. The van der Waals surface area contributed by atoms with Gasteiger partial charge >= 0.3 is 0 Å². The third kappa shape index (κ3) is 4.54. The van der Waals surface area contributed by atoms with Crippen LogP contribution >= 0.6 is 0 Å². The molecule has 0 spiro atoms. The number of nitrogens with one attached hydrogen (secondary N) is 1. The molecule has 1 atom stereocenters. The second-order valence-corrected chi connectivity index (χ2v) is 5.10. The summed E-state index contributed by atoms with van der Waals surface area (Å²) in [7, 11) is 3.00. The Morgan fingerprint density at radius 2 is 1.96 bits per heavy atom. The van der Waals surface area contributed by atoms with Crippen LogP contribution in [0.4, 0.5) is 5.82 Å². The van der Waals surface area contributed by atoms with Gasteiger partial charge in [0.05, 0.1) is 20.3 Å². The molecule has 1 aromatic carbocycles. The topological polar surface area (TPSA) is 101 Å². The molecule has 7 nitrogen and oxygen atoms in total. The third-order valence-electron chi connectivity index (χ3n) is 3.46. The molecule has 1 heterocycles. The summed E-state index contributed by atoms with van der Waals surface area (Å²) < 4.78 is 10.3. The normalized spacial score (nSPS) is 11.1.